The molecule has 0 atom stereocenters. The van der Waals surface area contributed by atoms with Crippen molar-refractivity contribution in [2.75, 3.05) is 12.3 Å². The largest absolute Gasteiger partial charge is 0.416 e. The van der Waals surface area contributed by atoms with Crippen LogP contribution in [0.15, 0.2) is 48.5 Å². The van der Waals surface area contributed by atoms with Crippen molar-refractivity contribution < 1.29 is 18.0 Å². The molecule has 26 heavy (non-hydrogen) atoms. The van der Waals surface area contributed by atoms with Crippen LogP contribution in [0, 0.1) is 0 Å². The van der Waals surface area contributed by atoms with Gasteiger partial charge in [0.2, 0.25) is 5.91 Å². The van der Waals surface area contributed by atoms with E-state index in [9.17, 15) is 18.0 Å². The van der Waals surface area contributed by atoms with E-state index in [1.54, 1.807) is 26.0 Å². The molecule has 3 N–H and O–H groups in total. The number of nitrogen functional groups attached to an aromatic ring is 1. The van der Waals surface area contributed by atoms with Gasteiger partial charge in [-0.3, -0.25) is 4.79 Å². The fourth-order valence-corrected chi connectivity index (χ4v) is 2.44. The summed E-state index contributed by atoms with van der Waals surface area (Å²) in [6.07, 6.45) is -3.82. The van der Waals surface area contributed by atoms with Crippen LogP contribution in [0.1, 0.15) is 30.5 Å². The van der Waals surface area contributed by atoms with Gasteiger partial charge in [-0.15, -0.1) is 12.4 Å². The molecule has 2 aromatic rings. The molecule has 0 aliphatic rings. The second kappa shape index (κ2) is 8.45. The molecule has 0 saturated heterocycles. The molecule has 0 spiro atoms. The van der Waals surface area contributed by atoms with Gasteiger partial charge in [0.15, 0.2) is 0 Å². The number of carbonyl (C=O) groups excluding carboxylic acids is 1. The molecule has 0 radical (unpaired) electrons. The molecule has 7 heteroatoms. The lowest BCUT2D eigenvalue weighted by Crippen LogP contribution is -2.41. The first-order valence-corrected chi connectivity index (χ1v) is 7.91. The molecule has 3 nitrogen and oxygen atoms in total. The highest BCUT2D eigenvalue weighted by Crippen LogP contribution is 2.32. The summed E-state index contributed by atoms with van der Waals surface area (Å²) >= 11 is 0. The summed E-state index contributed by atoms with van der Waals surface area (Å²) in [5.74, 6) is -0.317. The number of rotatable bonds is 5. The Hall–Kier alpha value is -2.21. The van der Waals surface area contributed by atoms with Gasteiger partial charge in [-0.25, -0.2) is 0 Å². The van der Waals surface area contributed by atoms with E-state index in [0.29, 0.717) is 24.2 Å². The van der Waals surface area contributed by atoms with Crippen molar-refractivity contribution in [3.8, 4) is 0 Å². The summed E-state index contributed by atoms with van der Waals surface area (Å²) in [6, 6.07) is 12.2. The van der Waals surface area contributed by atoms with Gasteiger partial charge in [-0.05, 0) is 49.6 Å². The van der Waals surface area contributed by atoms with Gasteiger partial charge in [0.05, 0.1) is 11.0 Å². The topological polar surface area (TPSA) is 55.1 Å². The zero-order valence-electron chi connectivity index (χ0n) is 14.6. The summed E-state index contributed by atoms with van der Waals surface area (Å²) < 4.78 is 38.6. The van der Waals surface area contributed by atoms with E-state index in [1.165, 1.54) is 12.1 Å². The Bertz CT molecular complexity index is 743. The van der Waals surface area contributed by atoms with Crippen LogP contribution in [0.4, 0.5) is 18.9 Å². The Morgan fingerprint density at radius 2 is 1.62 bits per heavy atom. The summed E-state index contributed by atoms with van der Waals surface area (Å²) in [5, 5.41) is 2.79. The highest BCUT2D eigenvalue weighted by molar-refractivity contribution is 5.87. The number of nitrogens with one attached hydrogen (secondary N) is 1. The van der Waals surface area contributed by atoms with Gasteiger partial charge in [0, 0.05) is 12.2 Å². The molecule has 0 aliphatic heterocycles. The molecule has 2 aromatic carbocycles. The van der Waals surface area contributed by atoms with E-state index in [0.717, 1.165) is 17.7 Å². The maximum atomic E-state index is 12.9. The molecular weight excluding hydrogens is 365 g/mol. The third-order valence-corrected chi connectivity index (χ3v) is 4.16. The van der Waals surface area contributed by atoms with Crippen molar-refractivity contribution in [3.63, 3.8) is 0 Å². The molecule has 0 bridgehead atoms. The quantitative estimate of drug-likeness (QED) is 0.751. The van der Waals surface area contributed by atoms with Gasteiger partial charge in [0.25, 0.3) is 0 Å². The Balaban J connectivity index is 0.00000338. The van der Waals surface area contributed by atoms with Crippen LogP contribution in [0.5, 0.6) is 0 Å². The van der Waals surface area contributed by atoms with Gasteiger partial charge in [-0.2, -0.15) is 13.2 Å². The lowest BCUT2D eigenvalue weighted by Gasteiger charge is -2.25. The smallest absolute Gasteiger partial charge is 0.399 e. The SMILES string of the molecule is CC(C)(C(=O)NCCc1ccc(N)cc1)c1cccc(C(F)(F)F)c1.Cl. The standard InChI is InChI=1S/C19H21F3N2O.ClH/c1-18(2,14-4-3-5-15(12-14)19(20,21)22)17(25)24-11-10-13-6-8-16(23)9-7-13;/h3-9,12H,10-11,23H2,1-2H3,(H,24,25);1H. The van der Waals surface area contributed by atoms with Gasteiger partial charge in [0.1, 0.15) is 0 Å². The minimum atomic E-state index is -4.43. The van der Waals surface area contributed by atoms with Crippen molar-refractivity contribution in [1.82, 2.24) is 5.32 Å². The van der Waals surface area contributed by atoms with Crippen molar-refractivity contribution >= 4 is 24.0 Å². The third kappa shape index (κ3) is 5.39. The van der Waals surface area contributed by atoms with Crippen molar-refractivity contribution in [2.45, 2.75) is 31.9 Å². The van der Waals surface area contributed by atoms with E-state index in [-0.39, 0.29) is 18.3 Å². The number of amides is 1. The van der Waals surface area contributed by atoms with Crippen LogP contribution < -0.4 is 11.1 Å². The average Bonchev–Trinajstić information content (AvgIpc) is 2.56. The number of halogens is 4. The highest BCUT2D eigenvalue weighted by Gasteiger charge is 2.34. The van der Waals surface area contributed by atoms with Crippen LogP contribution in [-0.2, 0) is 22.8 Å². The Kier molecular flexibility index (Phi) is 7.09. The molecule has 0 unspecified atom stereocenters. The number of hydrogen-bond acceptors (Lipinski definition) is 2. The Morgan fingerprint density at radius 3 is 2.19 bits per heavy atom. The predicted molar refractivity (Wildman–Crippen MR) is 99.3 cm³/mol. The number of anilines is 1. The second-order valence-electron chi connectivity index (χ2n) is 6.45. The average molecular weight is 387 g/mol. The van der Waals surface area contributed by atoms with Crippen LogP contribution in [-0.4, -0.2) is 12.5 Å². The molecule has 0 heterocycles. The van der Waals surface area contributed by atoms with Crippen LogP contribution >= 0.6 is 12.4 Å². The first kappa shape index (κ1) is 21.8. The van der Waals surface area contributed by atoms with Gasteiger partial charge >= 0.3 is 6.18 Å². The fourth-order valence-electron chi connectivity index (χ4n) is 2.44. The van der Waals surface area contributed by atoms with Crippen molar-refractivity contribution in [3.05, 3.63) is 65.2 Å². The second-order valence-corrected chi connectivity index (χ2v) is 6.45. The van der Waals surface area contributed by atoms with Crippen LogP contribution in [0.2, 0.25) is 0 Å². The summed E-state index contributed by atoms with van der Waals surface area (Å²) in [4.78, 5) is 12.5. The maximum absolute atomic E-state index is 12.9. The normalized spacial score (nSPS) is 11.6. The fraction of sp³-hybridized carbons (Fsp3) is 0.316. The summed E-state index contributed by atoms with van der Waals surface area (Å²) in [7, 11) is 0. The zero-order chi connectivity index (χ0) is 18.7. The van der Waals surface area contributed by atoms with E-state index in [1.807, 2.05) is 12.1 Å². The molecule has 2 rings (SSSR count). The maximum Gasteiger partial charge on any atom is 0.416 e. The highest BCUT2D eigenvalue weighted by atomic mass is 35.5. The number of hydrogen-bond donors (Lipinski definition) is 2. The molecule has 0 aromatic heterocycles. The van der Waals surface area contributed by atoms with Gasteiger partial charge in [-0.1, -0.05) is 30.3 Å². The van der Waals surface area contributed by atoms with E-state index in [2.05, 4.69) is 5.32 Å². The van der Waals surface area contributed by atoms with Gasteiger partial charge < -0.3 is 11.1 Å². The third-order valence-electron chi connectivity index (χ3n) is 4.16. The number of nitrogens with two attached hydrogens (primary N) is 1. The first-order valence-electron chi connectivity index (χ1n) is 7.91. The Labute approximate surface area is 157 Å². The van der Waals surface area contributed by atoms with E-state index >= 15 is 0 Å². The van der Waals surface area contributed by atoms with Crippen LogP contribution in [0.3, 0.4) is 0 Å². The zero-order valence-corrected chi connectivity index (χ0v) is 15.4. The molecule has 142 valence electrons. The van der Waals surface area contributed by atoms with E-state index < -0.39 is 17.2 Å². The predicted octanol–water partition coefficient (Wildman–Crippen LogP) is 4.35. The first-order chi connectivity index (χ1) is 11.6. The molecule has 0 saturated carbocycles. The minimum Gasteiger partial charge on any atom is -0.399 e. The molecule has 0 fully saturated rings. The number of benzene rings is 2. The van der Waals surface area contributed by atoms with Crippen molar-refractivity contribution in [2.24, 2.45) is 0 Å². The minimum absolute atomic E-state index is 0. The Morgan fingerprint density at radius 1 is 1.04 bits per heavy atom. The summed E-state index contributed by atoms with van der Waals surface area (Å²) in [6.45, 7) is 3.62. The van der Waals surface area contributed by atoms with Crippen LogP contribution in [0.25, 0.3) is 0 Å². The summed E-state index contributed by atoms with van der Waals surface area (Å²) in [5.41, 5.74) is 5.81. The van der Waals surface area contributed by atoms with E-state index in [4.69, 9.17) is 5.73 Å². The lowest BCUT2D eigenvalue weighted by molar-refractivity contribution is -0.137. The number of alkyl halides is 3. The molecular formula is C19H22ClF3N2O. The number of carbonyl (C=O) groups is 1. The molecule has 1 amide bonds. The molecule has 0 aliphatic carbocycles. The van der Waals surface area contributed by atoms with Crippen molar-refractivity contribution in [1.29, 1.82) is 0 Å². The lowest BCUT2D eigenvalue weighted by atomic mass is 9.83. The monoisotopic (exact) mass is 386 g/mol.